The Morgan fingerprint density at radius 2 is 0.842 bits per heavy atom. The monoisotopic (exact) mass is 981 g/mol. The van der Waals surface area contributed by atoms with Gasteiger partial charge in [-0.25, -0.2) is 0 Å². The Labute approximate surface area is 445 Å². The molecule has 0 unspecified atom stereocenters. The second kappa shape index (κ2) is 15.4. The summed E-state index contributed by atoms with van der Waals surface area (Å²) in [6.07, 6.45) is 0. The van der Waals surface area contributed by atoms with Crippen molar-refractivity contribution < 1.29 is 8.83 Å². The van der Waals surface area contributed by atoms with Crippen molar-refractivity contribution in [3.05, 3.63) is 233 Å². The van der Waals surface area contributed by atoms with Crippen LogP contribution in [-0.4, -0.2) is 0 Å². The molecule has 0 N–H and O–H groups in total. The summed E-state index contributed by atoms with van der Waals surface area (Å²) in [7, 11) is 0. The molecule has 2 heterocycles. The fourth-order valence-electron chi connectivity index (χ4n) is 14.3. The second-order valence-corrected chi connectivity index (χ2v) is 24.4. The molecule has 0 aliphatic heterocycles. The van der Waals surface area contributed by atoms with Crippen LogP contribution in [0.3, 0.4) is 0 Å². The molecule has 12 aromatic rings. The molecule has 0 fully saturated rings. The third-order valence-electron chi connectivity index (χ3n) is 17.9. The molecule has 2 aromatic heterocycles. The highest BCUT2D eigenvalue weighted by molar-refractivity contribution is 6.21. The van der Waals surface area contributed by atoms with Gasteiger partial charge in [0.2, 0.25) is 0 Å². The van der Waals surface area contributed by atoms with Gasteiger partial charge in [-0.3, -0.25) is 0 Å². The molecule has 3 aliphatic carbocycles. The highest BCUT2D eigenvalue weighted by atomic mass is 16.3. The van der Waals surface area contributed by atoms with E-state index in [1.165, 1.54) is 105 Å². The Bertz CT molecular complexity index is 4450. The quantitative estimate of drug-likeness (QED) is 0.172. The smallest absolute Gasteiger partial charge is 0.144 e. The molecular weight excluding hydrogens is 923 g/mol. The van der Waals surface area contributed by atoms with E-state index in [1.54, 1.807) is 0 Å². The van der Waals surface area contributed by atoms with Crippen LogP contribution in [0.5, 0.6) is 0 Å². The second-order valence-electron chi connectivity index (χ2n) is 24.4. The molecule has 10 aromatic carbocycles. The molecule has 3 heteroatoms. The molecule has 0 saturated heterocycles. The maximum absolute atomic E-state index is 7.09. The van der Waals surface area contributed by atoms with Gasteiger partial charge in [0.05, 0.1) is 0 Å². The Morgan fingerprint density at radius 1 is 0.355 bits per heavy atom. The summed E-state index contributed by atoms with van der Waals surface area (Å²) in [5, 5.41) is 4.74. The Morgan fingerprint density at radius 3 is 1.51 bits per heavy atom. The van der Waals surface area contributed by atoms with Crippen molar-refractivity contribution in [3.8, 4) is 55.6 Å². The van der Waals surface area contributed by atoms with Gasteiger partial charge in [0, 0.05) is 66.0 Å². The van der Waals surface area contributed by atoms with Gasteiger partial charge >= 0.3 is 0 Å². The van der Waals surface area contributed by atoms with E-state index in [0.29, 0.717) is 0 Å². The van der Waals surface area contributed by atoms with E-state index < -0.39 is 0 Å². The minimum Gasteiger partial charge on any atom is -0.455 e. The van der Waals surface area contributed by atoms with E-state index in [0.717, 1.165) is 50.3 Å². The van der Waals surface area contributed by atoms with Crippen molar-refractivity contribution in [2.24, 2.45) is 0 Å². The first-order valence-corrected chi connectivity index (χ1v) is 27.1. The van der Waals surface area contributed by atoms with Gasteiger partial charge in [-0.2, -0.15) is 0 Å². The molecule has 15 rings (SSSR count). The molecule has 3 aliphatic rings. The van der Waals surface area contributed by atoms with Crippen LogP contribution in [0.4, 0.5) is 17.1 Å². The predicted octanol–water partition coefficient (Wildman–Crippen LogP) is 20.5. The van der Waals surface area contributed by atoms with Crippen LogP contribution in [0.2, 0.25) is 0 Å². The van der Waals surface area contributed by atoms with E-state index in [1.807, 2.05) is 0 Å². The van der Waals surface area contributed by atoms with E-state index in [2.05, 4.69) is 261 Å². The normalized spacial score (nSPS) is 15.2. The minimum atomic E-state index is -0.357. The van der Waals surface area contributed by atoms with Crippen molar-refractivity contribution >= 4 is 60.9 Å². The van der Waals surface area contributed by atoms with Crippen LogP contribution in [0.25, 0.3) is 99.5 Å². The van der Waals surface area contributed by atoms with Crippen molar-refractivity contribution in [1.29, 1.82) is 0 Å². The fourth-order valence-corrected chi connectivity index (χ4v) is 14.3. The molecule has 0 spiro atoms. The highest BCUT2D eigenvalue weighted by Crippen LogP contribution is 2.64. The lowest BCUT2D eigenvalue weighted by molar-refractivity contribution is 0.591. The molecule has 76 heavy (non-hydrogen) atoms. The summed E-state index contributed by atoms with van der Waals surface area (Å²) < 4.78 is 14.1. The minimum absolute atomic E-state index is 0.0677. The van der Waals surface area contributed by atoms with Crippen molar-refractivity contribution in [2.45, 2.75) is 84.0 Å². The largest absolute Gasteiger partial charge is 0.455 e. The number of para-hydroxylation sites is 2. The van der Waals surface area contributed by atoms with Crippen LogP contribution >= 0.6 is 0 Å². The van der Waals surface area contributed by atoms with Gasteiger partial charge in [0.25, 0.3) is 0 Å². The van der Waals surface area contributed by atoms with E-state index in [4.69, 9.17) is 8.83 Å². The zero-order valence-electron chi connectivity index (χ0n) is 44.7. The van der Waals surface area contributed by atoms with Gasteiger partial charge in [-0.1, -0.05) is 202 Å². The molecule has 0 radical (unpaired) electrons. The number of benzene rings is 10. The summed E-state index contributed by atoms with van der Waals surface area (Å²) in [4.78, 5) is 2.49. The summed E-state index contributed by atoms with van der Waals surface area (Å²) in [6.45, 7) is 21.5. The van der Waals surface area contributed by atoms with Gasteiger partial charge in [0.1, 0.15) is 22.3 Å². The third-order valence-corrected chi connectivity index (χ3v) is 17.9. The first kappa shape index (κ1) is 45.0. The summed E-state index contributed by atoms with van der Waals surface area (Å²) >= 11 is 0. The number of nitrogens with zero attached hydrogens (tertiary/aromatic N) is 1. The van der Waals surface area contributed by atoms with Crippen molar-refractivity contribution in [3.63, 3.8) is 0 Å². The molecule has 0 atom stereocenters. The van der Waals surface area contributed by atoms with E-state index in [-0.39, 0.29) is 21.7 Å². The molecule has 3 nitrogen and oxygen atoms in total. The number of anilines is 3. The lowest BCUT2D eigenvalue weighted by Crippen LogP contribution is -2.24. The molecule has 0 amide bonds. The van der Waals surface area contributed by atoms with Gasteiger partial charge < -0.3 is 13.7 Å². The highest BCUT2D eigenvalue weighted by Gasteiger charge is 2.49. The third kappa shape index (κ3) is 6.00. The van der Waals surface area contributed by atoms with E-state index in [9.17, 15) is 0 Å². The van der Waals surface area contributed by atoms with Crippen LogP contribution in [0.1, 0.15) is 101 Å². The van der Waals surface area contributed by atoms with E-state index >= 15 is 0 Å². The average molecular weight is 982 g/mol. The van der Waals surface area contributed by atoms with Crippen LogP contribution in [0.15, 0.2) is 203 Å². The average Bonchev–Trinajstić information content (AvgIpc) is 4.22. The topological polar surface area (TPSA) is 29.5 Å². The number of furan rings is 2. The van der Waals surface area contributed by atoms with Crippen LogP contribution in [-0.2, 0) is 21.7 Å². The number of hydrogen-bond donors (Lipinski definition) is 0. The SMILES string of the molecule is CC(C)(C)c1ccccc1-c1cc2c(c3c1oc1ccccc13)-c1ccc(N(c3ccc(-c4ccccc4)cc3)c3ccc4c(c3)C(C)(C)c3c5c(c6c(oc7ccccc76)c3-4)-c3ccccc3C5(C)C)cc1C2(C)C. The molecular formula is C73H59NO2. The predicted molar refractivity (Wildman–Crippen MR) is 318 cm³/mol. The first-order chi connectivity index (χ1) is 36.6. The fraction of sp³-hybridized carbons (Fsp3) is 0.178. The van der Waals surface area contributed by atoms with Gasteiger partial charge in [0.15, 0.2) is 0 Å². The number of rotatable bonds is 5. The van der Waals surface area contributed by atoms with Crippen LogP contribution < -0.4 is 4.90 Å². The standard InChI is InChI=1S/C73H59NO2/c1-70(2,3)54-27-17-13-23-47(54)53-41-58-61(63-51-25-15-19-29-59(51)75-68(53)63)49-37-35-45(39-56(49)71(58,4)5)74(44-33-31-43(32-34-44)42-21-11-10-12-22-42)46-36-38-50-57(40-46)73(8,9)67-65(50)69-64(52-26-16-20-30-60(52)76-69)62-48-24-14-18-28-55(48)72(6,7)66(62)67/h10-41H,1-9H3. The maximum atomic E-state index is 7.09. The lowest BCUT2D eigenvalue weighted by Gasteiger charge is -2.32. The zero-order chi connectivity index (χ0) is 51.8. The number of hydrogen-bond acceptors (Lipinski definition) is 3. The molecule has 0 bridgehead atoms. The van der Waals surface area contributed by atoms with Crippen molar-refractivity contribution in [2.75, 3.05) is 4.90 Å². The summed E-state index contributed by atoms with van der Waals surface area (Å²) in [6, 6.07) is 71.9. The first-order valence-electron chi connectivity index (χ1n) is 27.1. The van der Waals surface area contributed by atoms with Crippen molar-refractivity contribution in [1.82, 2.24) is 0 Å². The Hall–Kier alpha value is -8.40. The summed E-state index contributed by atoms with van der Waals surface area (Å²) in [5.74, 6) is 0. The molecule has 368 valence electrons. The maximum Gasteiger partial charge on any atom is 0.144 e. The Kier molecular flexibility index (Phi) is 9.10. The van der Waals surface area contributed by atoms with Crippen LogP contribution in [0, 0.1) is 0 Å². The van der Waals surface area contributed by atoms with Gasteiger partial charge in [-0.05, 0) is 143 Å². The Balaban J connectivity index is 0.947. The molecule has 0 saturated carbocycles. The summed E-state index contributed by atoms with van der Waals surface area (Å²) in [5.41, 5.74) is 27.9. The lowest BCUT2D eigenvalue weighted by atomic mass is 9.72. The van der Waals surface area contributed by atoms with Gasteiger partial charge in [-0.15, -0.1) is 0 Å². The zero-order valence-corrected chi connectivity index (χ0v) is 44.7. The number of fused-ring (bicyclic) bond motifs is 19.